The highest BCUT2D eigenvalue weighted by Gasteiger charge is 2.37. The molecule has 6 heteroatoms. The van der Waals surface area contributed by atoms with Gasteiger partial charge in [-0.25, -0.2) is 4.79 Å². The maximum atomic E-state index is 12.1. The molecule has 0 aromatic heterocycles. The predicted molar refractivity (Wildman–Crippen MR) is 97.1 cm³/mol. The second kappa shape index (κ2) is 7.01. The number of methoxy groups -OCH3 is 1. The van der Waals surface area contributed by atoms with Crippen molar-refractivity contribution < 1.29 is 9.53 Å². The first kappa shape index (κ1) is 17.1. The molecule has 0 unspecified atom stereocenters. The van der Waals surface area contributed by atoms with E-state index in [0.717, 1.165) is 12.8 Å². The van der Waals surface area contributed by atoms with Crippen LogP contribution in [0.5, 0.6) is 0 Å². The molecule has 0 fully saturated rings. The molecule has 0 saturated heterocycles. The summed E-state index contributed by atoms with van der Waals surface area (Å²) in [7, 11) is 1.68. The molecule has 0 atom stereocenters. The third kappa shape index (κ3) is 3.66. The summed E-state index contributed by atoms with van der Waals surface area (Å²) in [5, 5.41) is 6.48. The van der Waals surface area contributed by atoms with Gasteiger partial charge in [-0.1, -0.05) is 47.5 Å². The van der Waals surface area contributed by atoms with Gasteiger partial charge in [0.2, 0.25) is 0 Å². The van der Waals surface area contributed by atoms with E-state index < -0.39 is 5.60 Å². The van der Waals surface area contributed by atoms with Crippen LogP contribution in [0.3, 0.4) is 0 Å². The van der Waals surface area contributed by atoms with Gasteiger partial charge in [-0.15, -0.1) is 0 Å². The molecule has 0 heterocycles. The van der Waals surface area contributed by atoms with Crippen molar-refractivity contribution >= 4 is 34.9 Å². The number of anilines is 1. The molecule has 2 aromatic rings. The molecule has 24 heavy (non-hydrogen) atoms. The van der Waals surface area contributed by atoms with Gasteiger partial charge in [0.1, 0.15) is 0 Å². The first-order valence-electron chi connectivity index (χ1n) is 7.63. The minimum absolute atomic E-state index is 0.305. The Balaban J connectivity index is 1.60. The third-order valence-electron chi connectivity index (χ3n) is 4.33. The van der Waals surface area contributed by atoms with Gasteiger partial charge in [0, 0.05) is 32.2 Å². The Bertz CT molecular complexity index is 739. The molecule has 3 rings (SSSR count). The maximum Gasteiger partial charge on any atom is 0.319 e. The molecule has 0 spiro atoms. The SMILES string of the molecule is COC1(CNC(=O)Nc2ccc(Cl)c(Cl)c2)Cc2ccccc2C1. The van der Waals surface area contributed by atoms with E-state index in [1.807, 2.05) is 12.1 Å². The van der Waals surface area contributed by atoms with Gasteiger partial charge >= 0.3 is 6.03 Å². The Hall–Kier alpha value is -1.75. The number of fused-ring (bicyclic) bond motifs is 1. The number of urea groups is 1. The van der Waals surface area contributed by atoms with Crippen LogP contribution in [-0.2, 0) is 17.6 Å². The number of carbonyl (C=O) groups excluding carboxylic acids is 1. The molecule has 126 valence electrons. The Morgan fingerprint density at radius 3 is 2.38 bits per heavy atom. The van der Waals surface area contributed by atoms with E-state index in [9.17, 15) is 4.79 Å². The number of hydrogen-bond acceptors (Lipinski definition) is 2. The molecule has 1 aliphatic carbocycles. The Morgan fingerprint density at radius 2 is 1.79 bits per heavy atom. The summed E-state index contributed by atoms with van der Waals surface area (Å²) in [5.41, 5.74) is 2.72. The van der Waals surface area contributed by atoms with Crippen LogP contribution in [0.4, 0.5) is 10.5 Å². The van der Waals surface area contributed by atoms with Crippen molar-refractivity contribution in [3.63, 3.8) is 0 Å². The lowest BCUT2D eigenvalue weighted by Gasteiger charge is -2.27. The van der Waals surface area contributed by atoms with E-state index in [-0.39, 0.29) is 6.03 Å². The summed E-state index contributed by atoms with van der Waals surface area (Å²) < 4.78 is 5.74. The summed E-state index contributed by atoms with van der Waals surface area (Å²) in [6.07, 6.45) is 1.57. The van der Waals surface area contributed by atoms with Crippen molar-refractivity contribution in [1.82, 2.24) is 5.32 Å². The van der Waals surface area contributed by atoms with Gasteiger partial charge in [0.05, 0.1) is 15.6 Å². The van der Waals surface area contributed by atoms with Gasteiger partial charge in [-0.3, -0.25) is 0 Å². The van der Waals surface area contributed by atoms with E-state index in [2.05, 4.69) is 22.8 Å². The number of halogens is 2. The number of hydrogen-bond donors (Lipinski definition) is 2. The van der Waals surface area contributed by atoms with E-state index in [4.69, 9.17) is 27.9 Å². The molecule has 4 nitrogen and oxygen atoms in total. The molecule has 0 bridgehead atoms. The van der Waals surface area contributed by atoms with E-state index >= 15 is 0 Å². The minimum atomic E-state index is -0.404. The summed E-state index contributed by atoms with van der Waals surface area (Å²) in [6.45, 7) is 0.422. The normalized spacial score (nSPS) is 15.0. The number of carbonyl (C=O) groups is 1. The summed E-state index contributed by atoms with van der Waals surface area (Å²) >= 11 is 11.8. The van der Waals surface area contributed by atoms with Crippen molar-refractivity contribution in [1.29, 1.82) is 0 Å². The molecule has 2 amide bonds. The fourth-order valence-electron chi connectivity index (χ4n) is 2.99. The first-order chi connectivity index (χ1) is 11.5. The van der Waals surface area contributed by atoms with Gasteiger partial charge in [0.15, 0.2) is 0 Å². The van der Waals surface area contributed by atoms with E-state index in [0.29, 0.717) is 22.3 Å². The summed E-state index contributed by atoms with van der Waals surface area (Å²) in [6, 6.07) is 12.9. The van der Waals surface area contributed by atoms with Crippen LogP contribution in [0.2, 0.25) is 10.0 Å². The zero-order valence-corrected chi connectivity index (χ0v) is 14.7. The molecule has 2 aromatic carbocycles. The molecular weight excluding hydrogens is 347 g/mol. The maximum absolute atomic E-state index is 12.1. The highest BCUT2D eigenvalue weighted by atomic mass is 35.5. The molecule has 2 N–H and O–H groups in total. The quantitative estimate of drug-likeness (QED) is 0.849. The van der Waals surface area contributed by atoms with Crippen molar-refractivity contribution in [2.24, 2.45) is 0 Å². The topological polar surface area (TPSA) is 50.4 Å². The van der Waals surface area contributed by atoms with Crippen molar-refractivity contribution in [3.05, 3.63) is 63.6 Å². The predicted octanol–water partition coefficient (Wildman–Crippen LogP) is 4.30. The molecule has 0 saturated carbocycles. The minimum Gasteiger partial charge on any atom is -0.376 e. The zero-order chi connectivity index (χ0) is 17.2. The highest BCUT2D eigenvalue weighted by Crippen LogP contribution is 2.32. The molecule has 1 aliphatic rings. The average molecular weight is 365 g/mol. The highest BCUT2D eigenvalue weighted by molar-refractivity contribution is 6.42. The van der Waals surface area contributed by atoms with Crippen molar-refractivity contribution in [3.8, 4) is 0 Å². The lowest BCUT2D eigenvalue weighted by molar-refractivity contribution is 0.00208. The fourth-order valence-corrected chi connectivity index (χ4v) is 3.29. The van der Waals surface area contributed by atoms with Gasteiger partial charge in [-0.2, -0.15) is 0 Å². The van der Waals surface area contributed by atoms with Crippen LogP contribution in [0, 0.1) is 0 Å². The average Bonchev–Trinajstić information content (AvgIpc) is 2.96. The molecular formula is C18H18Cl2N2O2. The van der Waals surface area contributed by atoms with E-state index in [1.165, 1.54) is 11.1 Å². The molecule has 0 aliphatic heterocycles. The van der Waals surface area contributed by atoms with Gasteiger partial charge in [-0.05, 0) is 29.3 Å². The monoisotopic (exact) mass is 364 g/mol. The number of benzene rings is 2. The first-order valence-corrected chi connectivity index (χ1v) is 8.39. The van der Waals surface area contributed by atoms with Crippen LogP contribution in [-0.4, -0.2) is 25.3 Å². The zero-order valence-electron chi connectivity index (χ0n) is 13.2. The number of nitrogens with one attached hydrogen (secondary N) is 2. The summed E-state index contributed by atoms with van der Waals surface area (Å²) in [4.78, 5) is 12.1. The number of amides is 2. The summed E-state index contributed by atoms with van der Waals surface area (Å²) in [5.74, 6) is 0. The van der Waals surface area contributed by atoms with Crippen molar-refractivity contribution in [2.75, 3.05) is 19.0 Å². The van der Waals surface area contributed by atoms with Crippen LogP contribution in [0.25, 0.3) is 0 Å². The Labute approximate surface area is 151 Å². The van der Waals surface area contributed by atoms with Crippen molar-refractivity contribution in [2.45, 2.75) is 18.4 Å². The van der Waals surface area contributed by atoms with E-state index in [1.54, 1.807) is 25.3 Å². The lowest BCUT2D eigenvalue weighted by atomic mass is 10.0. The van der Waals surface area contributed by atoms with Crippen LogP contribution in [0.15, 0.2) is 42.5 Å². The third-order valence-corrected chi connectivity index (χ3v) is 5.06. The number of rotatable bonds is 4. The Morgan fingerprint density at radius 1 is 1.12 bits per heavy atom. The standard InChI is InChI=1S/C18H18Cl2N2O2/c1-24-18(9-12-4-2-3-5-13(12)10-18)11-21-17(23)22-14-6-7-15(19)16(20)8-14/h2-8H,9-11H2,1H3,(H2,21,22,23). The number of ether oxygens (including phenoxy) is 1. The fraction of sp³-hybridized carbons (Fsp3) is 0.278. The van der Waals surface area contributed by atoms with Gasteiger partial charge < -0.3 is 15.4 Å². The Kier molecular flexibility index (Phi) is 4.99. The lowest BCUT2D eigenvalue weighted by Crippen LogP contribution is -2.46. The second-order valence-corrected chi connectivity index (χ2v) is 6.76. The smallest absolute Gasteiger partial charge is 0.319 e. The largest absolute Gasteiger partial charge is 0.376 e. The van der Waals surface area contributed by atoms with Crippen LogP contribution >= 0.6 is 23.2 Å². The second-order valence-electron chi connectivity index (χ2n) is 5.95. The van der Waals surface area contributed by atoms with Crippen LogP contribution in [0.1, 0.15) is 11.1 Å². The van der Waals surface area contributed by atoms with Crippen LogP contribution < -0.4 is 10.6 Å². The van der Waals surface area contributed by atoms with Gasteiger partial charge in [0.25, 0.3) is 0 Å². The molecule has 0 radical (unpaired) electrons.